The molecule has 2 aromatic carbocycles. The molecular weight excluding hydrogens is 331 g/mol. The lowest BCUT2D eigenvalue weighted by molar-refractivity contribution is -0.115. The van der Waals surface area contributed by atoms with Crippen molar-refractivity contribution in [1.29, 1.82) is 0 Å². The van der Waals surface area contributed by atoms with Crippen LogP contribution in [0.3, 0.4) is 0 Å². The third-order valence-electron chi connectivity index (χ3n) is 4.03. The molecule has 4 rings (SSSR count). The van der Waals surface area contributed by atoms with E-state index in [2.05, 4.69) is 15.3 Å². The fourth-order valence-electron chi connectivity index (χ4n) is 2.76. The molecule has 0 atom stereocenters. The Balaban J connectivity index is 1.62. The number of pyridine rings is 1. The molecule has 0 aliphatic rings. The topological polar surface area (TPSA) is 59.8 Å². The number of nitrogens with one attached hydrogen (secondary N) is 1. The zero-order valence-electron chi connectivity index (χ0n) is 13.8. The quantitative estimate of drug-likeness (QED) is 0.612. The molecule has 2 heterocycles. The number of carbonyl (C=O) groups excluding carboxylic acids is 1. The van der Waals surface area contributed by atoms with Crippen LogP contribution >= 0.6 is 0 Å². The predicted molar refractivity (Wildman–Crippen MR) is 97.6 cm³/mol. The first-order chi connectivity index (χ1) is 12.7. The number of nitrogens with zero attached hydrogens (tertiary/aromatic N) is 3. The summed E-state index contributed by atoms with van der Waals surface area (Å²) in [7, 11) is 0. The lowest BCUT2D eigenvalue weighted by Crippen LogP contribution is -2.15. The van der Waals surface area contributed by atoms with E-state index in [0.717, 1.165) is 16.8 Å². The molecule has 0 aliphatic carbocycles. The van der Waals surface area contributed by atoms with Crippen LogP contribution in [0.5, 0.6) is 0 Å². The number of para-hydroxylation sites is 1. The number of anilines is 1. The van der Waals surface area contributed by atoms with Crippen LogP contribution in [-0.4, -0.2) is 20.4 Å². The van der Waals surface area contributed by atoms with E-state index >= 15 is 0 Å². The van der Waals surface area contributed by atoms with E-state index < -0.39 is 0 Å². The van der Waals surface area contributed by atoms with E-state index in [1.807, 2.05) is 36.5 Å². The van der Waals surface area contributed by atoms with E-state index in [-0.39, 0.29) is 18.1 Å². The number of amides is 1. The third kappa shape index (κ3) is 3.30. The van der Waals surface area contributed by atoms with Gasteiger partial charge in [-0.05, 0) is 35.9 Å². The Labute approximate surface area is 149 Å². The van der Waals surface area contributed by atoms with Crippen LogP contribution in [0.1, 0.15) is 5.56 Å². The molecule has 2 aromatic heterocycles. The molecule has 5 nitrogen and oxygen atoms in total. The van der Waals surface area contributed by atoms with E-state index in [9.17, 15) is 9.18 Å². The summed E-state index contributed by atoms with van der Waals surface area (Å²) in [6, 6.07) is 15.4. The standard InChI is InChI=1S/C20H15FN4O/c21-16-7-4-14(5-8-16)12-19(26)23-17-3-1-2-15-6-9-18(24-20(15)17)25-11-10-22-13-25/h1-11,13H,12H2,(H,23,26). The van der Waals surface area contributed by atoms with Crippen LogP contribution in [0.25, 0.3) is 16.7 Å². The summed E-state index contributed by atoms with van der Waals surface area (Å²) in [4.78, 5) is 21.1. The van der Waals surface area contributed by atoms with E-state index in [0.29, 0.717) is 11.2 Å². The Morgan fingerprint density at radius 3 is 2.69 bits per heavy atom. The highest BCUT2D eigenvalue weighted by Crippen LogP contribution is 2.23. The first kappa shape index (κ1) is 16.0. The van der Waals surface area contributed by atoms with E-state index in [4.69, 9.17) is 0 Å². The number of aromatic nitrogens is 3. The summed E-state index contributed by atoms with van der Waals surface area (Å²) in [6.07, 6.45) is 5.33. The second-order valence-electron chi connectivity index (χ2n) is 5.87. The van der Waals surface area contributed by atoms with Gasteiger partial charge in [-0.1, -0.05) is 24.3 Å². The van der Waals surface area contributed by atoms with E-state index in [1.165, 1.54) is 12.1 Å². The molecule has 6 heteroatoms. The largest absolute Gasteiger partial charge is 0.324 e. The van der Waals surface area contributed by atoms with Crippen molar-refractivity contribution in [2.75, 3.05) is 5.32 Å². The number of imidazole rings is 1. The zero-order chi connectivity index (χ0) is 17.9. The molecule has 0 unspecified atom stereocenters. The average Bonchev–Trinajstić information content (AvgIpc) is 3.18. The van der Waals surface area contributed by atoms with Crippen molar-refractivity contribution >= 4 is 22.5 Å². The van der Waals surface area contributed by atoms with Crippen molar-refractivity contribution in [1.82, 2.24) is 14.5 Å². The maximum Gasteiger partial charge on any atom is 0.228 e. The highest BCUT2D eigenvalue weighted by atomic mass is 19.1. The second-order valence-corrected chi connectivity index (χ2v) is 5.87. The number of carbonyl (C=O) groups is 1. The molecule has 4 aromatic rings. The first-order valence-corrected chi connectivity index (χ1v) is 8.11. The minimum absolute atomic E-state index is 0.165. The van der Waals surface area contributed by atoms with Gasteiger partial charge in [0, 0.05) is 17.8 Å². The Hall–Kier alpha value is -3.54. The number of hydrogen-bond acceptors (Lipinski definition) is 3. The van der Waals surface area contributed by atoms with Crippen molar-refractivity contribution < 1.29 is 9.18 Å². The molecule has 0 fully saturated rings. The van der Waals surface area contributed by atoms with Gasteiger partial charge < -0.3 is 5.32 Å². The summed E-state index contributed by atoms with van der Waals surface area (Å²) < 4.78 is 14.8. The van der Waals surface area contributed by atoms with Crippen LogP contribution in [0.2, 0.25) is 0 Å². The minimum atomic E-state index is -0.320. The number of halogens is 1. The van der Waals surface area contributed by atoms with Gasteiger partial charge in [0.05, 0.1) is 17.6 Å². The van der Waals surface area contributed by atoms with Crippen molar-refractivity contribution in [2.45, 2.75) is 6.42 Å². The fraction of sp³-hybridized carbons (Fsp3) is 0.0500. The fourth-order valence-corrected chi connectivity index (χ4v) is 2.76. The zero-order valence-corrected chi connectivity index (χ0v) is 13.8. The maximum atomic E-state index is 13.0. The first-order valence-electron chi connectivity index (χ1n) is 8.11. The lowest BCUT2D eigenvalue weighted by atomic mass is 10.1. The highest BCUT2D eigenvalue weighted by molar-refractivity contribution is 6.01. The van der Waals surface area contributed by atoms with Gasteiger partial charge in [0.2, 0.25) is 5.91 Å². The van der Waals surface area contributed by atoms with Crippen molar-refractivity contribution in [3.05, 3.63) is 84.7 Å². The number of rotatable bonds is 4. The van der Waals surface area contributed by atoms with Gasteiger partial charge in [0.15, 0.2) is 0 Å². The average molecular weight is 346 g/mol. The summed E-state index contributed by atoms with van der Waals surface area (Å²) in [6.45, 7) is 0. The molecule has 1 amide bonds. The Bertz CT molecular complexity index is 1060. The van der Waals surface area contributed by atoms with Gasteiger partial charge in [0.25, 0.3) is 0 Å². The molecule has 0 bridgehead atoms. The molecule has 0 radical (unpaired) electrons. The van der Waals surface area contributed by atoms with Gasteiger partial charge in [-0.2, -0.15) is 0 Å². The molecule has 128 valence electrons. The van der Waals surface area contributed by atoms with Crippen LogP contribution < -0.4 is 5.32 Å². The number of hydrogen-bond donors (Lipinski definition) is 1. The number of fused-ring (bicyclic) bond motifs is 1. The number of benzene rings is 2. The van der Waals surface area contributed by atoms with Crippen LogP contribution in [0.15, 0.2) is 73.3 Å². The molecule has 0 spiro atoms. The Morgan fingerprint density at radius 2 is 1.92 bits per heavy atom. The maximum absolute atomic E-state index is 13.0. The smallest absolute Gasteiger partial charge is 0.228 e. The lowest BCUT2D eigenvalue weighted by Gasteiger charge is -2.10. The SMILES string of the molecule is O=C(Cc1ccc(F)cc1)Nc1cccc2ccc(-n3ccnc3)nc12. The molecule has 1 N–H and O–H groups in total. The summed E-state index contributed by atoms with van der Waals surface area (Å²) in [5, 5.41) is 3.82. The van der Waals surface area contributed by atoms with E-state index in [1.54, 1.807) is 29.2 Å². The Morgan fingerprint density at radius 1 is 1.08 bits per heavy atom. The summed E-state index contributed by atoms with van der Waals surface area (Å²) >= 11 is 0. The predicted octanol–water partition coefficient (Wildman–Crippen LogP) is 3.74. The van der Waals surface area contributed by atoms with Gasteiger partial charge >= 0.3 is 0 Å². The van der Waals surface area contributed by atoms with Crippen LogP contribution in [-0.2, 0) is 11.2 Å². The van der Waals surface area contributed by atoms with Gasteiger partial charge in [-0.25, -0.2) is 14.4 Å². The summed E-state index contributed by atoms with van der Waals surface area (Å²) in [5.74, 6) is 0.216. The third-order valence-corrected chi connectivity index (χ3v) is 4.03. The molecule has 0 aliphatic heterocycles. The van der Waals surface area contributed by atoms with Gasteiger partial charge in [-0.15, -0.1) is 0 Å². The van der Waals surface area contributed by atoms with Crippen LogP contribution in [0, 0.1) is 5.82 Å². The van der Waals surface area contributed by atoms with Crippen molar-refractivity contribution in [3.8, 4) is 5.82 Å². The summed E-state index contributed by atoms with van der Waals surface area (Å²) in [5.41, 5.74) is 2.08. The molecule has 0 saturated heterocycles. The highest BCUT2D eigenvalue weighted by Gasteiger charge is 2.09. The minimum Gasteiger partial charge on any atom is -0.324 e. The molecule has 0 saturated carbocycles. The van der Waals surface area contributed by atoms with Crippen molar-refractivity contribution in [3.63, 3.8) is 0 Å². The monoisotopic (exact) mass is 346 g/mol. The Kier molecular flexibility index (Phi) is 4.15. The van der Waals surface area contributed by atoms with Crippen molar-refractivity contribution in [2.24, 2.45) is 0 Å². The molecular formula is C20H15FN4O. The van der Waals surface area contributed by atoms with Gasteiger partial charge in [0.1, 0.15) is 18.0 Å². The normalized spacial score (nSPS) is 10.8. The second kappa shape index (κ2) is 6.76. The molecule has 26 heavy (non-hydrogen) atoms. The van der Waals surface area contributed by atoms with Gasteiger partial charge in [-0.3, -0.25) is 9.36 Å². The van der Waals surface area contributed by atoms with Crippen LogP contribution in [0.4, 0.5) is 10.1 Å².